The molecular formula is C28H36N4O5. The standard InChI is InChI=1S/C28H36N4O5/c1-20-6-5-7-22(18-20)26(34)31-15-12-28(13-16-31)32(27(35)21-8-10-23(36-4)11-9-21)24(19-37-28)25(33)29-14-17-30(2)3/h5-11,18,24H,12-17,19H2,1-4H3,(H,29,33)/t24-/m1/s1. The second-order valence-electron chi connectivity index (χ2n) is 9.93. The van der Waals surface area contributed by atoms with Crippen molar-refractivity contribution < 1.29 is 23.9 Å². The van der Waals surface area contributed by atoms with Crippen LogP contribution in [0.25, 0.3) is 0 Å². The molecule has 198 valence electrons. The van der Waals surface area contributed by atoms with E-state index in [1.807, 2.05) is 50.2 Å². The van der Waals surface area contributed by atoms with E-state index in [4.69, 9.17) is 9.47 Å². The zero-order valence-corrected chi connectivity index (χ0v) is 22.0. The first-order chi connectivity index (χ1) is 17.7. The zero-order chi connectivity index (χ0) is 26.6. The third-order valence-electron chi connectivity index (χ3n) is 7.07. The average molecular weight is 509 g/mol. The number of ether oxygens (including phenoxy) is 2. The molecule has 0 radical (unpaired) electrons. The molecule has 9 nitrogen and oxygen atoms in total. The van der Waals surface area contributed by atoms with Gasteiger partial charge in [-0.1, -0.05) is 17.7 Å². The Bertz CT molecular complexity index is 1130. The molecular weight excluding hydrogens is 472 g/mol. The van der Waals surface area contributed by atoms with Gasteiger partial charge in [0.2, 0.25) is 5.91 Å². The number of piperidine rings is 1. The molecule has 2 saturated heterocycles. The number of benzene rings is 2. The number of nitrogens with zero attached hydrogens (tertiary/aromatic N) is 3. The minimum atomic E-state index is -0.954. The topological polar surface area (TPSA) is 91.4 Å². The van der Waals surface area contributed by atoms with Crippen LogP contribution in [0.2, 0.25) is 0 Å². The van der Waals surface area contributed by atoms with Gasteiger partial charge in [0, 0.05) is 50.1 Å². The summed E-state index contributed by atoms with van der Waals surface area (Å²) in [6, 6.07) is 13.6. The molecule has 2 aromatic carbocycles. The fourth-order valence-electron chi connectivity index (χ4n) is 4.98. The Balaban J connectivity index is 1.55. The largest absolute Gasteiger partial charge is 0.497 e. The number of carbonyl (C=O) groups excluding carboxylic acids is 3. The first-order valence-corrected chi connectivity index (χ1v) is 12.6. The molecule has 37 heavy (non-hydrogen) atoms. The van der Waals surface area contributed by atoms with Crippen LogP contribution in [0.15, 0.2) is 48.5 Å². The number of likely N-dealkylation sites (N-methyl/N-ethyl adjacent to an activating group) is 1. The normalized spacial score (nSPS) is 18.8. The van der Waals surface area contributed by atoms with E-state index in [0.29, 0.717) is 55.9 Å². The van der Waals surface area contributed by atoms with Gasteiger partial charge in [-0.15, -0.1) is 0 Å². The van der Waals surface area contributed by atoms with Gasteiger partial charge >= 0.3 is 0 Å². The van der Waals surface area contributed by atoms with Crippen molar-refractivity contribution in [3.63, 3.8) is 0 Å². The van der Waals surface area contributed by atoms with Gasteiger partial charge in [0.1, 0.15) is 17.5 Å². The molecule has 0 unspecified atom stereocenters. The first-order valence-electron chi connectivity index (χ1n) is 12.6. The van der Waals surface area contributed by atoms with Crippen LogP contribution in [0.5, 0.6) is 5.75 Å². The zero-order valence-electron chi connectivity index (χ0n) is 22.0. The van der Waals surface area contributed by atoms with Crippen LogP contribution in [0.4, 0.5) is 0 Å². The van der Waals surface area contributed by atoms with Gasteiger partial charge < -0.3 is 24.6 Å². The lowest BCUT2D eigenvalue weighted by Gasteiger charge is -2.44. The summed E-state index contributed by atoms with van der Waals surface area (Å²) in [5, 5.41) is 2.95. The summed E-state index contributed by atoms with van der Waals surface area (Å²) in [4.78, 5) is 45.5. The van der Waals surface area contributed by atoms with Crippen molar-refractivity contribution in [3.05, 3.63) is 65.2 Å². The van der Waals surface area contributed by atoms with E-state index in [2.05, 4.69) is 5.32 Å². The number of hydrogen-bond acceptors (Lipinski definition) is 6. The SMILES string of the molecule is COc1ccc(C(=O)N2[C@@H](C(=O)NCCN(C)C)COC23CCN(C(=O)c2cccc(C)c2)CC3)cc1. The minimum absolute atomic E-state index is 0.0393. The lowest BCUT2D eigenvalue weighted by atomic mass is 9.96. The van der Waals surface area contributed by atoms with Crippen molar-refractivity contribution in [2.75, 3.05) is 54.0 Å². The number of aryl methyl sites for hydroxylation is 1. The molecule has 3 amide bonds. The molecule has 2 fully saturated rings. The predicted octanol–water partition coefficient (Wildman–Crippen LogP) is 2.15. The molecule has 2 heterocycles. The molecule has 2 aliphatic heterocycles. The lowest BCUT2D eigenvalue weighted by molar-refractivity contribution is -0.128. The molecule has 1 atom stereocenters. The fourth-order valence-corrected chi connectivity index (χ4v) is 4.98. The number of amides is 3. The summed E-state index contributed by atoms with van der Waals surface area (Å²) in [6.07, 6.45) is 0.849. The number of rotatable bonds is 7. The average Bonchev–Trinajstić information content (AvgIpc) is 3.26. The van der Waals surface area contributed by atoms with E-state index in [-0.39, 0.29) is 24.3 Å². The highest BCUT2D eigenvalue weighted by molar-refractivity contribution is 5.99. The maximum atomic E-state index is 13.8. The van der Waals surface area contributed by atoms with E-state index in [0.717, 1.165) is 5.56 Å². The van der Waals surface area contributed by atoms with Crippen molar-refractivity contribution in [3.8, 4) is 5.75 Å². The monoisotopic (exact) mass is 508 g/mol. The van der Waals surface area contributed by atoms with E-state index in [1.165, 1.54) is 0 Å². The Morgan fingerprint density at radius 1 is 1.05 bits per heavy atom. The third-order valence-corrected chi connectivity index (χ3v) is 7.07. The lowest BCUT2D eigenvalue weighted by Crippen LogP contribution is -2.60. The van der Waals surface area contributed by atoms with Crippen molar-refractivity contribution in [2.45, 2.75) is 31.5 Å². The molecule has 0 bridgehead atoms. The van der Waals surface area contributed by atoms with Crippen molar-refractivity contribution in [1.82, 2.24) is 20.0 Å². The third kappa shape index (κ3) is 5.78. The van der Waals surface area contributed by atoms with Crippen molar-refractivity contribution in [1.29, 1.82) is 0 Å². The Morgan fingerprint density at radius 3 is 2.38 bits per heavy atom. The van der Waals surface area contributed by atoms with Crippen LogP contribution in [0, 0.1) is 6.92 Å². The van der Waals surface area contributed by atoms with Crippen molar-refractivity contribution >= 4 is 17.7 Å². The highest BCUT2D eigenvalue weighted by atomic mass is 16.5. The van der Waals surface area contributed by atoms with Gasteiger partial charge in [-0.3, -0.25) is 19.3 Å². The smallest absolute Gasteiger partial charge is 0.256 e. The second-order valence-corrected chi connectivity index (χ2v) is 9.93. The molecule has 2 aromatic rings. The number of methoxy groups -OCH3 is 1. The molecule has 0 saturated carbocycles. The van der Waals surface area contributed by atoms with Crippen LogP contribution < -0.4 is 10.1 Å². The first kappa shape index (κ1) is 26.6. The fraction of sp³-hybridized carbons (Fsp3) is 0.464. The molecule has 2 aliphatic rings. The Hall–Kier alpha value is -3.43. The van der Waals surface area contributed by atoms with Gasteiger partial charge in [0.05, 0.1) is 13.7 Å². The van der Waals surface area contributed by atoms with E-state index < -0.39 is 11.8 Å². The number of likely N-dealkylation sites (tertiary alicyclic amines) is 1. The van der Waals surface area contributed by atoms with Crippen molar-refractivity contribution in [2.24, 2.45) is 0 Å². The van der Waals surface area contributed by atoms with E-state index in [9.17, 15) is 14.4 Å². The van der Waals surface area contributed by atoms with Crippen LogP contribution >= 0.6 is 0 Å². The molecule has 1 spiro atoms. The van der Waals surface area contributed by atoms with Gasteiger partial charge in [0.15, 0.2) is 0 Å². The quantitative estimate of drug-likeness (QED) is 0.617. The predicted molar refractivity (Wildman–Crippen MR) is 140 cm³/mol. The van der Waals surface area contributed by atoms with Gasteiger partial charge in [0.25, 0.3) is 11.8 Å². The van der Waals surface area contributed by atoms with Crippen LogP contribution in [0.1, 0.15) is 39.1 Å². The Morgan fingerprint density at radius 2 is 1.76 bits per heavy atom. The highest BCUT2D eigenvalue weighted by Gasteiger charge is 2.54. The van der Waals surface area contributed by atoms with Crippen LogP contribution in [-0.2, 0) is 9.53 Å². The summed E-state index contributed by atoms with van der Waals surface area (Å²) in [6.45, 7) is 4.08. The summed E-state index contributed by atoms with van der Waals surface area (Å²) >= 11 is 0. The molecule has 4 rings (SSSR count). The maximum Gasteiger partial charge on any atom is 0.256 e. The summed E-state index contributed by atoms with van der Waals surface area (Å²) in [7, 11) is 5.44. The Kier molecular flexibility index (Phi) is 8.14. The van der Waals surface area contributed by atoms with E-state index >= 15 is 0 Å². The van der Waals surface area contributed by atoms with Crippen LogP contribution in [0.3, 0.4) is 0 Å². The summed E-state index contributed by atoms with van der Waals surface area (Å²) in [5.74, 6) is 0.0951. The molecule has 0 aliphatic carbocycles. The summed E-state index contributed by atoms with van der Waals surface area (Å²) < 4.78 is 11.5. The molecule has 0 aromatic heterocycles. The van der Waals surface area contributed by atoms with Gasteiger partial charge in [-0.25, -0.2) is 0 Å². The molecule has 9 heteroatoms. The Labute approximate surface area is 218 Å². The molecule has 1 N–H and O–H groups in total. The number of carbonyl (C=O) groups is 3. The minimum Gasteiger partial charge on any atom is -0.497 e. The van der Waals surface area contributed by atoms with Crippen LogP contribution in [-0.4, -0.2) is 98.2 Å². The number of hydrogen-bond donors (Lipinski definition) is 1. The van der Waals surface area contributed by atoms with Gasteiger partial charge in [-0.2, -0.15) is 0 Å². The van der Waals surface area contributed by atoms with E-state index in [1.54, 1.807) is 41.2 Å². The summed E-state index contributed by atoms with van der Waals surface area (Å²) in [5.41, 5.74) is 1.17. The van der Waals surface area contributed by atoms with Gasteiger partial charge in [-0.05, 0) is 57.4 Å². The maximum absolute atomic E-state index is 13.8. The highest BCUT2D eigenvalue weighted by Crippen LogP contribution is 2.39. The second kappa shape index (κ2) is 11.3. The number of nitrogens with one attached hydrogen (secondary N) is 1.